The molecular formula is C117H206O16P2. The third kappa shape index (κ3) is 109. The first-order chi connectivity index (χ1) is 66.2. The van der Waals surface area contributed by atoms with Gasteiger partial charge in [-0.1, -0.05) is 493 Å². The zero-order chi connectivity index (χ0) is 97.8. The number of ether oxygens (including phenoxy) is 3. The molecule has 0 heterocycles. The van der Waals surface area contributed by atoms with Crippen molar-refractivity contribution < 1.29 is 75.8 Å². The third-order valence-corrected chi connectivity index (χ3v) is 26.1. The molecule has 0 saturated carbocycles. The smallest absolute Gasteiger partial charge is 0.463 e. The van der Waals surface area contributed by atoms with Crippen molar-refractivity contribution in [2.24, 2.45) is 0 Å². The van der Waals surface area contributed by atoms with Crippen LogP contribution in [0.1, 0.15) is 509 Å². The van der Waals surface area contributed by atoms with E-state index in [0.29, 0.717) is 19.3 Å². The number of allylic oxidation sites excluding steroid dienone is 26. The van der Waals surface area contributed by atoms with Crippen LogP contribution in [0.4, 0.5) is 0 Å². The molecule has 0 bridgehead atoms. The molecule has 5 unspecified atom stereocenters. The largest absolute Gasteiger partial charge is 0.472 e. The Morgan fingerprint density at radius 2 is 0.393 bits per heavy atom. The highest BCUT2D eigenvalue weighted by molar-refractivity contribution is 7.47. The summed E-state index contributed by atoms with van der Waals surface area (Å²) >= 11 is 0. The predicted octanol–water partition coefficient (Wildman–Crippen LogP) is 35.9. The molecular weight excluding hydrogens is 1720 g/mol. The van der Waals surface area contributed by atoms with Crippen LogP contribution >= 0.6 is 15.6 Å². The number of phosphoric ester groups is 2. The highest BCUT2D eigenvalue weighted by Gasteiger charge is 2.30. The highest BCUT2D eigenvalue weighted by atomic mass is 31.2. The van der Waals surface area contributed by atoms with Gasteiger partial charge < -0.3 is 34.2 Å². The summed E-state index contributed by atoms with van der Waals surface area (Å²) < 4.78 is 61.9. The van der Waals surface area contributed by atoms with E-state index in [9.17, 15) is 43.5 Å². The lowest BCUT2D eigenvalue weighted by Crippen LogP contribution is -2.30. The Hall–Kier alpha value is -4.83. The van der Waals surface area contributed by atoms with Gasteiger partial charge in [-0.25, -0.2) is 9.13 Å². The summed E-state index contributed by atoms with van der Waals surface area (Å²) in [6.45, 7) is 2.62. The number of unbranched alkanes of at least 4 members (excludes halogenated alkanes) is 57. The van der Waals surface area contributed by atoms with Crippen molar-refractivity contribution in [3.05, 3.63) is 158 Å². The van der Waals surface area contributed by atoms with Gasteiger partial charge in [0.05, 0.1) is 26.4 Å². The van der Waals surface area contributed by atoms with Gasteiger partial charge >= 0.3 is 33.6 Å². The van der Waals surface area contributed by atoms with Crippen molar-refractivity contribution in [2.75, 3.05) is 39.6 Å². The Kier molecular flexibility index (Phi) is 104. The van der Waals surface area contributed by atoms with E-state index in [0.717, 1.165) is 135 Å². The lowest BCUT2D eigenvalue weighted by atomic mass is 10.0. The minimum Gasteiger partial charge on any atom is -0.463 e. The number of carbonyl (C=O) groups excluding carboxylic acids is 3. The van der Waals surface area contributed by atoms with Gasteiger partial charge in [-0.2, -0.15) is 0 Å². The maximum absolute atomic E-state index is 13.2. The van der Waals surface area contributed by atoms with Gasteiger partial charge in [0.1, 0.15) is 25.4 Å². The average molecular weight is 1930 g/mol. The quantitative estimate of drug-likeness (QED) is 0.0146. The second-order valence-corrected chi connectivity index (χ2v) is 40.3. The molecule has 780 valence electrons. The molecule has 0 saturated heterocycles. The predicted molar refractivity (Wildman–Crippen MR) is 574 cm³/mol. The van der Waals surface area contributed by atoms with Gasteiger partial charge in [-0.15, -0.1) is 0 Å². The normalized spacial score (nSPS) is 14.2. The van der Waals surface area contributed by atoms with Crippen LogP contribution in [-0.4, -0.2) is 95.9 Å². The van der Waals surface area contributed by atoms with Crippen LogP contribution in [-0.2, 0) is 55.8 Å². The van der Waals surface area contributed by atoms with Gasteiger partial charge in [-0.3, -0.25) is 32.5 Å². The van der Waals surface area contributed by atoms with E-state index in [2.05, 4.69) is 179 Å². The van der Waals surface area contributed by atoms with Crippen LogP contribution in [0.25, 0.3) is 0 Å². The van der Waals surface area contributed by atoms with E-state index in [1.54, 1.807) is 0 Å². The molecule has 0 fully saturated rings. The van der Waals surface area contributed by atoms with Crippen LogP contribution in [0.15, 0.2) is 158 Å². The summed E-state index contributed by atoms with van der Waals surface area (Å²) in [5.41, 5.74) is 0. The molecule has 16 nitrogen and oxygen atoms in total. The molecule has 0 aliphatic rings. The van der Waals surface area contributed by atoms with Gasteiger partial charge in [0, 0.05) is 19.3 Å². The second kappa shape index (κ2) is 108. The SMILES string of the molecule is CC/C=C\C/C=C\C/C=C\C/C=C\C/C=C\CCCCCCCCCCCCCCCCCCCC(=O)OCC(COP(=O)(O)OCC(O)COP(=O)(O)OCC(O)COC(=O)CCCCCCCCCCCCCCCCCCCCC/C=C\C/C=C\C/C=C\C/C=C\CCCCC)OC(=O)CCCCCCCCCCCCCCCCC/C=C\C/C=C\C/C=C\C/C=C\CCCCC. The fourth-order valence-corrected chi connectivity index (χ4v) is 17.4. The average Bonchev–Trinajstić information content (AvgIpc) is 0.895. The van der Waals surface area contributed by atoms with Crippen molar-refractivity contribution in [3.8, 4) is 0 Å². The van der Waals surface area contributed by atoms with Gasteiger partial charge in [0.25, 0.3) is 0 Å². The number of phosphoric acid groups is 2. The molecule has 0 aliphatic heterocycles. The van der Waals surface area contributed by atoms with E-state index >= 15 is 0 Å². The summed E-state index contributed by atoms with van der Waals surface area (Å²) in [5.74, 6) is -1.55. The second-order valence-electron chi connectivity index (χ2n) is 37.4. The first-order valence-corrected chi connectivity index (χ1v) is 58.8. The number of esters is 3. The minimum absolute atomic E-state index is 0.104. The van der Waals surface area contributed by atoms with E-state index in [1.807, 2.05) is 0 Å². The zero-order valence-corrected chi connectivity index (χ0v) is 88.6. The molecule has 0 aromatic rings. The summed E-state index contributed by atoms with van der Waals surface area (Å²) in [4.78, 5) is 59.4. The summed E-state index contributed by atoms with van der Waals surface area (Å²) in [6.07, 6.45) is 142. The summed E-state index contributed by atoms with van der Waals surface area (Å²) in [7, 11) is -9.82. The number of rotatable bonds is 106. The Morgan fingerprint density at radius 3 is 0.622 bits per heavy atom. The molecule has 0 amide bonds. The lowest BCUT2D eigenvalue weighted by Gasteiger charge is -2.21. The van der Waals surface area contributed by atoms with Crippen LogP contribution in [0.2, 0.25) is 0 Å². The number of aliphatic hydroxyl groups is 2. The number of carbonyl (C=O) groups is 3. The molecule has 0 rings (SSSR count). The molecule has 4 N–H and O–H groups in total. The molecule has 0 spiro atoms. The Morgan fingerprint density at radius 1 is 0.215 bits per heavy atom. The molecule has 0 aromatic carbocycles. The maximum atomic E-state index is 13.2. The van der Waals surface area contributed by atoms with Crippen molar-refractivity contribution in [2.45, 2.75) is 527 Å². The van der Waals surface area contributed by atoms with E-state index in [1.165, 1.54) is 315 Å². The van der Waals surface area contributed by atoms with Crippen LogP contribution in [0.3, 0.4) is 0 Å². The molecule has 135 heavy (non-hydrogen) atoms. The monoisotopic (exact) mass is 1930 g/mol. The zero-order valence-electron chi connectivity index (χ0n) is 86.8. The van der Waals surface area contributed by atoms with E-state index in [4.69, 9.17) is 32.3 Å². The number of hydrogen-bond donors (Lipinski definition) is 4. The van der Waals surface area contributed by atoms with Gasteiger partial charge in [0.2, 0.25) is 0 Å². The topological polar surface area (TPSA) is 231 Å². The van der Waals surface area contributed by atoms with Gasteiger partial charge in [-0.05, 0) is 154 Å². The third-order valence-electron chi connectivity index (χ3n) is 24.2. The fourth-order valence-electron chi connectivity index (χ4n) is 15.8. The number of aliphatic hydroxyl groups excluding tert-OH is 2. The molecule has 18 heteroatoms. The van der Waals surface area contributed by atoms with E-state index < -0.39 is 91.5 Å². The highest BCUT2D eigenvalue weighted by Crippen LogP contribution is 2.45. The Bertz CT molecular complexity index is 3090. The first kappa shape index (κ1) is 130. The van der Waals surface area contributed by atoms with Crippen molar-refractivity contribution in [1.29, 1.82) is 0 Å². The Balaban J connectivity index is 4.58. The fraction of sp³-hybridized carbons (Fsp3) is 0.752. The number of hydrogen-bond acceptors (Lipinski definition) is 14. The molecule has 0 aromatic heterocycles. The molecule has 0 aliphatic carbocycles. The molecule has 0 radical (unpaired) electrons. The van der Waals surface area contributed by atoms with Crippen LogP contribution in [0, 0.1) is 0 Å². The van der Waals surface area contributed by atoms with E-state index in [-0.39, 0.29) is 19.3 Å². The Labute approximate surface area is 829 Å². The van der Waals surface area contributed by atoms with Crippen LogP contribution in [0.5, 0.6) is 0 Å². The van der Waals surface area contributed by atoms with Crippen LogP contribution < -0.4 is 0 Å². The molecule has 5 atom stereocenters. The van der Waals surface area contributed by atoms with Gasteiger partial charge in [0.15, 0.2) is 6.10 Å². The summed E-state index contributed by atoms with van der Waals surface area (Å²) in [5, 5.41) is 20.8. The maximum Gasteiger partial charge on any atom is 0.472 e. The lowest BCUT2D eigenvalue weighted by molar-refractivity contribution is -0.161. The van der Waals surface area contributed by atoms with Crippen molar-refractivity contribution >= 4 is 33.6 Å². The summed E-state index contributed by atoms with van der Waals surface area (Å²) in [6, 6.07) is 0. The van der Waals surface area contributed by atoms with Crippen molar-refractivity contribution in [3.63, 3.8) is 0 Å². The van der Waals surface area contributed by atoms with Crippen molar-refractivity contribution in [1.82, 2.24) is 0 Å². The standard InChI is InChI=1S/C117H206O16P2/c1-4-7-10-13-16-19-22-25-28-31-34-37-40-43-46-49-52-54-55-57-60-61-64-67-70-73-76-79-82-85-88-91-94-97-100-103-115(120)127-106-112(118)107-129-134(123,124)130-108-113(119)109-131-135(125,126)132-111-114(133-117(122)105-102-99-96-93-90-87-84-81-78-75-72-69-66-63-58-51-48-45-42-39-36-33-30-27-24-21-18-15-12-9-6-3)110-128-116(121)104-101-98-95-92-89-86-83-80-77-74-71-68-65-62-59-56-53-50-47-44-41-38-35-32-29-26-23-20-17-14-11-8-5-2/h8,11,16-21,25-30,34-39,43-48,112-114,118-119H,4-7,9-10,12-15,22-24,31-33,40-42,49-111H2,1-3H3,(H,123,124)(H,125,126)/b11-8-,19-16-,20-17-,21-18-,28-25-,29-26-,30-27-,37-34-,38-35-,39-36-,46-43-,47-44-,48-45-. The first-order valence-electron chi connectivity index (χ1n) is 55.8. The minimum atomic E-state index is -4.95.